The predicted octanol–water partition coefficient (Wildman–Crippen LogP) is 2.26. The minimum Gasteiger partial charge on any atom is -0.323 e. The van der Waals surface area contributed by atoms with E-state index in [1.807, 2.05) is 25.1 Å². The summed E-state index contributed by atoms with van der Waals surface area (Å²) in [4.78, 5) is 42.3. The van der Waals surface area contributed by atoms with E-state index < -0.39 is 17.5 Å². The second-order valence-corrected chi connectivity index (χ2v) is 7.87. The van der Waals surface area contributed by atoms with E-state index in [0.717, 1.165) is 33.5 Å². The number of nitrogens with zero attached hydrogens (tertiary/aromatic N) is 2. The number of hydrogen-bond donors (Lipinski definition) is 2. The third kappa shape index (κ3) is 2.76. The van der Waals surface area contributed by atoms with Gasteiger partial charge in [-0.25, -0.2) is 9.78 Å². The number of imide groups is 1. The molecular weight excluding hydrogens is 340 g/mol. The third-order valence-electron chi connectivity index (χ3n) is 4.79. The van der Waals surface area contributed by atoms with Crippen LogP contribution in [0.4, 0.5) is 9.93 Å². The second kappa shape index (κ2) is 5.52. The Morgan fingerprint density at radius 2 is 2.20 bits per heavy atom. The molecular formula is C17H18N4O3S. The number of nitrogens with one attached hydrogen (secondary N) is 2. The van der Waals surface area contributed by atoms with Crippen LogP contribution < -0.4 is 10.6 Å². The van der Waals surface area contributed by atoms with E-state index in [2.05, 4.69) is 15.6 Å². The van der Waals surface area contributed by atoms with Gasteiger partial charge in [0.15, 0.2) is 5.13 Å². The highest BCUT2D eigenvalue weighted by Gasteiger charge is 2.56. The zero-order valence-corrected chi connectivity index (χ0v) is 14.8. The average Bonchev–Trinajstić information content (AvgIpc) is 3.29. The van der Waals surface area contributed by atoms with E-state index in [0.29, 0.717) is 5.13 Å². The third-order valence-corrected chi connectivity index (χ3v) is 5.72. The van der Waals surface area contributed by atoms with Crippen LogP contribution in [0.15, 0.2) is 18.2 Å². The Labute approximate surface area is 148 Å². The maximum Gasteiger partial charge on any atom is 0.325 e. The fourth-order valence-electron chi connectivity index (χ4n) is 3.18. The molecule has 0 radical (unpaired) electrons. The largest absolute Gasteiger partial charge is 0.325 e. The number of aromatic nitrogens is 1. The molecule has 0 spiro atoms. The van der Waals surface area contributed by atoms with Crippen LogP contribution in [0.5, 0.6) is 0 Å². The van der Waals surface area contributed by atoms with Gasteiger partial charge in [0.1, 0.15) is 12.1 Å². The molecule has 2 fully saturated rings. The lowest BCUT2D eigenvalue weighted by Crippen LogP contribution is -2.46. The zero-order valence-electron chi connectivity index (χ0n) is 14.0. The lowest BCUT2D eigenvalue weighted by atomic mass is 9.96. The first-order chi connectivity index (χ1) is 11.9. The average molecular weight is 358 g/mol. The van der Waals surface area contributed by atoms with Gasteiger partial charge in [-0.1, -0.05) is 17.4 Å². The maximum absolute atomic E-state index is 12.5. The lowest BCUT2D eigenvalue weighted by Gasteiger charge is -2.20. The highest BCUT2D eigenvalue weighted by Crippen LogP contribution is 2.42. The number of rotatable bonds is 4. The van der Waals surface area contributed by atoms with Crippen molar-refractivity contribution in [2.75, 3.05) is 11.9 Å². The predicted molar refractivity (Wildman–Crippen MR) is 94.4 cm³/mol. The SMILES string of the molecule is Cc1ccc2nc(NC(=O)CN3C(=O)N[C@@](C)(C4CC4)C3=O)sc2c1. The van der Waals surface area contributed by atoms with Gasteiger partial charge in [0.2, 0.25) is 5.91 Å². The summed E-state index contributed by atoms with van der Waals surface area (Å²) < 4.78 is 0.978. The smallest absolute Gasteiger partial charge is 0.323 e. The first-order valence-electron chi connectivity index (χ1n) is 8.18. The van der Waals surface area contributed by atoms with Gasteiger partial charge in [0.25, 0.3) is 5.91 Å². The van der Waals surface area contributed by atoms with Crippen LogP contribution in [-0.4, -0.2) is 39.8 Å². The van der Waals surface area contributed by atoms with Crippen molar-refractivity contribution in [3.63, 3.8) is 0 Å². The van der Waals surface area contributed by atoms with Crippen LogP contribution in [0.25, 0.3) is 10.2 Å². The summed E-state index contributed by atoms with van der Waals surface area (Å²) >= 11 is 1.37. The number of benzene rings is 1. The first kappa shape index (κ1) is 16.0. The molecule has 0 unspecified atom stereocenters. The van der Waals surface area contributed by atoms with Crippen molar-refractivity contribution in [2.24, 2.45) is 5.92 Å². The Morgan fingerprint density at radius 3 is 2.92 bits per heavy atom. The van der Waals surface area contributed by atoms with Crippen molar-refractivity contribution in [3.8, 4) is 0 Å². The quantitative estimate of drug-likeness (QED) is 0.820. The van der Waals surface area contributed by atoms with Crippen LogP contribution >= 0.6 is 11.3 Å². The fourth-order valence-corrected chi connectivity index (χ4v) is 4.16. The van der Waals surface area contributed by atoms with Crippen molar-refractivity contribution in [1.29, 1.82) is 0 Å². The van der Waals surface area contributed by atoms with Crippen LogP contribution in [0, 0.1) is 12.8 Å². The summed E-state index contributed by atoms with van der Waals surface area (Å²) in [6, 6.07) is 5.35. The number of anilines is 1. The van der Waals surface area contributed by atoms with E-state index in [1.54, 1.807) is 6.92 Å². The first-order valence-corrected chi connectivity index (χ1v) is 8.99. The topological polar surface area (TPSA) is 91.4 Å². The molecule has 1 atom stereocenters. The molecule has 25 heavy (non-hydrogen) atoms. The van der Waals surface area contributed by atoms with Gasteiger partial charge in [-0.2, -0.15) is 0 Å². The Kier molecular flexibility index (Phi) is 3.54. The summed E-state index contributed by atoms with van der Waals surface area (Å²) in [5.74, 6) is -0.584. The van der Waals surface area contributed by atoms with Crippen LogP contribution in [0.2, 0.25) is 0 Å². The second-order valence-electron chi connectivity index (χ2n) is 6.84. The monoisotopic (exact) mass is 358 g/mol. The van der Waals surface area contributed by atoms with Crippen LogP contribution in [0.3, 0.4) is 0 Å². The number of carbonyl (C=O) groups is 3. The summed E-state index contributed by atoms with van der Waals surface area (Å²) in [6.45, 7) is 3.42. The molecule has 2 aliphatic rings. The number of fused-ring (bicyclic) bond motifs is 1. The van der Waals surface area contributed by atoms with Crippen molar-refractivity contribution in [2.45, 2.75) is 32.2 Å². The molecule has 2 N–H and O–H groups in total. The molecule has 1 aromatic carbocycles. The number of urea groups is 1. The zero-order chi connectivity index (χ0) is 17.8. The highest BCUT2D eigenvalue weighted by molar-refractivity contribution is 7.22. The molecule has 7 nitrogen and oxygen atoms in total. The van der Waals surface area contributed by atoms with Gasteiger partial charge in [-0.15, -0.1) is 0 Å². The normalized spacial score (nSPS) is 23.2. The number of hydrogen-bond acceptors (Lipinski definition) is 5. The van der Waals surface area contributed by atoms with E-state index in [-0.39, 0.29) is 18.4 Å². The van der Waals surface area contributed by atoms with E-state index in [4.69, 9.17) is 0 Å². The molecule has 2 aromatic rings. The molecule has 8 heteroatoms. The summed E-state index contributed by atoms with van der Waals surface area (Å²) in [5, 5.41) is 5.88. The molecule has 1 aromatic heterocycles. The molecule has 1 aliphatic heterocycles. The Hall–Kier alpha value is -2.48. The van der Waals surface area contributed by atoms with Crippen molar-refractivity contribution >= 4 is 44.5 Å². The maximum atomic E-state index is 12.5. The summed E-state index contributed by atoms with van der Waals surface area (Å²) in [5.41, 5.74) is 1.06. The van der Waals surface area contributed by atoms with Gasteiger partial charge >= 0.3 is 6.03 Å². The van der Waals surface area contributed by atoms with Gasteiger partial charge < -0.3 is 10.6 Å². The van der Waals surface area contributed by atoms with Crippen molar-refractivity contribution < 1.29 is 14.4 Å². The van der Waals surface area contributed by atoms with Crippen LogP contribution in [0.1, 0.15) is 25.3 Å². The number of carbonyl (C=O) groups excluding carboxylic acids is 3. The fraction of sp³-hybridized carbons (Fsp3) is 0.412. The van der Waals surface area contributed by atoms with E-state index in [9.17, 15) is 14.4 Å². The molecule has 4 amide bonds. The Bertz CT molecular complexity index is 904. The molecule has 4 rings (SSSR count). The van der Waals surface area contributed by atoms with Crippen LogP contribution in [-0.2, 0) is 9.59 Å². The number of amides is 4. The Balaban J connectivity index is 1.46. The van der Waals surface area contributed by atoms with E-state index in [1.165, 1.54) is 11.3 Å². The molecule has 2 heterocycles. The van der Waals surface area contributed by atoms with Crippen molar-refractivity contribution in [1.82, 2.24) is 15.2 Å². The number of thiazole rings is 1. The Morgan fingerprint density at radius 1 is 1.44 bits per heavy atom. The minimum atomic E-state index is -0.870. The summed E-state index contributed by atoms with van der Waals surface area (Å²) in [7, 11) is 0. The number of aryl methyl sites for hydroxylation is 1. The minimum absolute atomic E-state index is 0.171. The van der Waals surface area contributed by atoms with Gasteiger partial charge in [-0.05, 0) is 50.3 Å². The summed E-state index contributed by atoms with van der Waals surface area (Å²) in [6.07, 6.45) is 1.85. The van der Waals surface area contributed by atoms with E-state index >= 15 is 0 Å². The van der Waals surface area contributed by atoms with Gasteiger partial charge in [0, 0.05) is 0 Å². The molecule has 0 bridgehead atoms. The van der Waals surface area contributed by atoms with Crippen molar-refractivity contribution in [3.05, 3.63) is 23.8 Å². The standard InChI is InChI=1S/C17H18N4O3S/c1-9-3-6-11-12(7-9)25-15(18-11)19-13(22)8-21-14(23)17(2,10-4-5-10)20-16(21)24/h3,6-7,10H,4-5,8H2,1-2H3,(H,20,24)(H,18,19,22)/t17-/m0/s1. The molecule has 1 saturated heterocycles. The molecule has 130 valence electrons. The highest BCUT2D eigenvalue weighted by atomic mass is 32.1. The lowest BCUT2D eigenvalue weighted by molar-refractivity contribution is -0.134. The van der Waals surface area contributed by atoms with Gasteiger partial charge in [0.05, 0.1) is 10.2 Å². The van der Waals surface area contributed by atoms with Gasteiger partial charge in [-0.3, -0.25) is 14.5 Å². The molecule has 1 saturated carbocycles. The molecule has 1 aliphatic carbocycles.